The molecule has 0 aliphatic carbocycles. The minimum absolute atomic E-state index is 0.391. The Morgan fingerprint density at radius 3 is 2.81 bits per heavy atom. The van der Waals surface area contributed by atoms with Gasteiger partial charge in [-0.3, -0.25) is 9.78 Å². The molecule has 0 amide bonds. The molecule has 0 saturated carbocycles. The van der Waals surface area contributed by atoms with Gasteiger partial charge in [0.05, 0.1) is 5.92 Å². The summed E-state index contributed by atoms with van der Waals surface area (Å²) in [6, 6.07) is 3.70. The number of aromatic nitrogens is 1. The van der Waals surface area contributed by atoms with Gasteiger partial charge in [-0.15, -0.1) is 0 Å². The van der Waals surface area contributed by atoms with Crippen molar-refractivity contribution in [2.75, 3.05) is 6.54 Å². The first-order chi connectivity index (χ1) is 7.63. The number of carbonyl (C=O) groups is 1. The average Bonchev–Trinajstić information content (AvgIpc) is 2.26. The van der Waals surface area contributed by atoms with Gasteiger partial charge in [-0.2, -0.15) is 0 Å². The van der Waals surface area contributed by atoms with Gasteiger partial charge >= 0.3 is 5.97 Å². The number of halogens is 1. The smallest absolute Gasteiger partial charge is 0.306 e. The third-order valence-electron chi connectivity index (χ3n) is 2.35. The third kappa shape index (κ3) is 4.28. The van der Waals surface area contributed by atoms with Gasteiger partial charge in [-0.1, -0.05) is 0 Å². The summed E-state index contributed by atoms with van der Waals surface area (Å²) < 4.78 is 0.894. The average molecular weight is 287 g/mol. The molecule has 0 aliphatic rings. The minimum atomic E-state index is -0.779. The Bertz CT molecular complexity index is 340. The largest absolute Gasteiger partial charge is 0.481 e. The first kappa shape index (κ1) is 13.1. The number of hydrogen-bond acceptors (Lipinski definition) is 3. The van der Waals surface area contributed by atoms with Gasteiger partial charge in [0.15, 0.2) is 0 Å². The van der Waals surface area contributed by atoms with Crippen molar-refractivity contribution < 1.29 is 9.90 Å². The Morgan fingerprint density at radius 2 is 2.31 bits per heavy atom. The van der Waals surface area contributed by atoms with Gasteiger partial charge < -0.3 is 10.8 Å². The third-order valence-corrected chi connectivity index (χ3v) is 2.82. The summed E-state index contributed by atoms with van der Waals surface area (Å²) in [5.74, 6) is -1.17. The van der Waals surface area contributed by atoms with E-state index in [4.69, 9.17) is 10.8 Å². The quantitative estimate of drug-likeness (QED) is 0.836. The summed E-state index contributed by atoms with van der Waals surface area (Å²) >= 11 is 3.29. The van der Waals surface area contributed by atoms with Crippen LogP contribution in [0, 0.1) is 5.92 Å². The molecule has 0 spiro atoms. The van der Waals surface area contributed by atoms with Crippen molar-refractivity contribution in [3.8, 4) is 0 Å². The predicted molar refractivity (Wildman–Crippen MR) is 65.1 cm³/mol. The molecule has 0 aliphatic heterocycles. The van der Waals surface area contributed by atoms with Crippen molar-refractivity contribution in [1.29, 1.82) is 0 Å². The molecule has 5 heteroatoms. The molecule has 0 fully saturated rings. The highest BCUT2D eigenvalue weighted by Crippen LogP contribution is 2.15. The van der Waals surface area contributed by atoms with E-state index < -0.39 is 11.9 Å². The van der Waals surface area contributed by atoms with E-state index in [1.807, 2.05) is 12.1 Å². The summed E-state index contributed by atoms with van der Waals surface area (Å²) in [5.41, 5.74) is 6.17. The number of carboxylic acids is 1. The summed E-state index contributed by atoms with van der Waals surface area (Å²) in [6.07, 6.45) is 3.47. The summed E-state index contributed by atoms with van der Waals surface area (Å²) in [6.45, 7) is 0.525. The van der Waals surface area contributed by atoms with E-state index in [-0.39, 0.29) is 0 Å². The fraction of sp³-hybridized carbons (Fsp3) is 0.455. The first-order valence-corrected chi connectivity index (χ1v) is 5.96. The molecule has 1 unspecified atom stereocenters. The zero-order chi connectivity index (χ0) is 12.0. The lowest BCUT2D eigenvalue weighted by Gasteiger charge is -2.10. The second kappa shape index (κ2) is 6.60. The van der Waals surface area contributed by atoms with E-state index in [2.05, 4.69) is 20.9 Å². The second-order valence-corrected chi connectivity index (χ2v) is 4.55. The van der Waals surface area contributed by atoms with Gasteiger partial charge in [-0.25, -0.2) is 0 Å². The summed E-state index contributed by atoms with van der Waals surface area (Å²) in [7, 11) is 0. The Hall–Kier alpha value is -0.940. The van der Waals surface area contributed by atoms with Crippen molar-refractivity contribution in [3.05, 3.63) is 28.5 Å². The van der Waals surface area contributed by atoms with Crippen molar-refractivity contribution in [3.63, 3.8) is 0 Å². The van der Waals surface area contributed by atoms with E-state index in [0.29, 0.717) is 19.4 Å². The number of carboxylic acid groups (broad SMARTS) is 1. The van der Waals surface area contributed by atoms with E-state index in [9.17, 15) is 4.79 Å². The van der Waals surface area contributed by atoms with Crippen molar-refractivity contribution >= 4 is 21.9 Å². The summed E-state index contributed by atoms with van der Waals surface area (Å²) in [4.78, 5) is 15.2. The standard InChI is InChI=1S/C11H15BrN2O2/c12-9-3-4-10(14-7-9)6-8(11(15)16)2-1-5-13/h3-4,7-8H,1-2,5-6,13H2,(H,15,16). The van der Waals surface area contributed by atoms with Crippen LogP contribution in [-0.2, 0) is 11.2 Å². The van der Waals surface area contributed by atoms with Crippen LogP contribution in [0.3, 0.4) is 0 Å². The number of rotatable bonds is 6. The molecule has 88 valence electrons. The lowest BCUT2D eigenvalue weighted by Crippen LogP contribution is -2.18. The Morgan fingerprint density at radius 1 is 1.56 bits per heavy atom. The maximum absolute atomic E-state index is 11.0. The van der Waals surface area contributed by atoms with Crippen LogP contribution in [0.15, 0.2) is 22.8 Å². The molecule has 16 heavy (non-hydrogen) atoms. The number of nitrogens with zero attached hydrogens (tertiary/aromatic N) is 1. The van der Waals surface area contributed by atoms with Crippen LogP contribution < -0.4 is 5.73 Å². The van der Waals surface area contributed by atoms with Crippen molar-refractivity contribution in [2.45, 2.75) is 19.3 Å². The highest BCUT2D eigenvalue weighted by molar-refractivity contribution is 9.10. The van der Waals surface area contributed by atoms with Crippen LogP contribution in [0.2, 0.25) is 0 Å². The molecule has 1 atom stereocenters. The Labute approximate surface area is 103 Å². The monoisotopic (exact) mass is 286 g/mol. The van der Waals surface area contributed by atoms with Gasteiger partial charge in [-0.05, 0) is 47.4 Å². The molecule has 0 bridgehead atoms. The molecule has 1 heterocycles. The van der Waals surface area contributed by atoms with Crippen LogP contribution >= 0.6 is 15.9 Å². The first-order valence-electron chi connectivity index (χ1n) is 5.16. The van der Waals surface area contributed by atoms with E-state index in [0.717, 1.165) is 16.6 Å². The molecule has 0 saturated heterocycles. The Kier molecular flexibility index (Phi) is 5.42. The SMILES string of the molecule is NCCCC(Cc1ccc(Br)cn1)C(=O)O. The highest BCUT2D eigenvalue weighted by atomic mass is 79.9. The number of aliphatic carboxylic acids is 1. The maximum Gasteiger partial charge on any atom is 0.306 e. The van der Waals surface area contributed by atoms with E-state index >= 15 is 0 Å². The Balaban J connectivity index is 2.60. The van der Waals surface area contributed by atoms with Gasteiger partial charge in [0.2, 0.25) is 0 Å². The molecular weight excluding hydrogens is 272 g/mol. The lowest BCUT2D eigenvalue weighted by molar-refractivity contribution is -0.142. The molecular formula is C11H15BrN2O2. The number of pyridine rings is 1. The molecule has 0 aromatic carbocycles. The minimum Gasteiger partial charge on any atom is -0.481 e. The molecule has 1 aromatic rings. The zero-order valence-corrected chi connectivity index (χ0v) is 10.5. The normalized spacial score (nSPS) is 12.4. The van der Waals surface area contributed by atoms with E-state index in [1.165, 1.54) is 0 Å². The van der Waals surface area contributed by atoms with Gasteiger partial charge in [0.1, 0.15) is 0 Å². The highest BCUT2D eigenvalue weighted by Gasteiger charge is 2.17. The fourth-order valence-electron chi connectivity index (χ4n) is 1.46. The molecule has 1 rings (SSSR count). The fourth-order valence-corrected chi connectivity index (χ4v) is 1.69. The van der Waals surface area contributed by atoms with Crippen LogP contribution in [0.5, 0.6) is 0 Å². The second-order valence-electron chi connectivity index (χ2n) is 3.64. The van der Waals surface area contributed by atoms with Crippen LogP contribution in [0.4, 0.5) is 0 Å². The van der Waals surface area contributed by atoms with Crippen LogP contribution in [0.1, 0.15) is 18.5 Å². The maximum atomic E-state index is 11.0. The topological polar surface area (TPSA) is 76.2 Å². The zero-order valence-electron chi connectivity index (χ0n) is 8.90. The molecule has 3 N–H and O–H groups in total. The van der Waals surface area contributed by atoms with Gasteiger partial charge in [0, 0.05) is 22.8 Å². The molecule has 1 aromatic heterocycles. The molecule has 4 nitrogen and oxygen atoms in total. The van der Waals surface area contributed by atoms with Gasteiger partial charge in [0.25, 0.3) is 0 Å². The lowest BCUT2D eigenvalue weighted by atomic mass is 9.97. The van der Waals surface area contributed by atoms with Crippen LogP contribution in [-0.4, -0.2) is 22.6 Å². The van der Waals surface area contributed by atoms with Crippen molar-refractivity contribution in [2.24, 2.45) is 11.7 Å². The van der Waals surface area contributed by atoms with Crippen LogP contribution in [0.25, 0.3) is 0 Å². The summed E-state index contributed by atoms with van der Waals surface area (Å²) in [5, 5.41) is 9.04. The number of nitrogens with two attached hydrogens (primary N) is 1. The predicted octanol–water partition coefficient (Wildman–Crippen LogP) is 1.83. The molecule has 0 radical (unpaired) electrons. The van der Waals surface area contributed by atoms with Crippen molar-refractivity contribution in [1.82, 2.24) is 4.98 Å². The van der Waals surface area contributed by atoms with E-state index in [1.54, 1.807) is 6.20 Å². The number of hydrogen-bond donors (Lipinski definition) is 2.